The number of aryl methyl sites for hydroxylation is 1. The lowest BCUT2D eigenvalue weighted by Gasteiger charge is -2.32. The fourth-order valence-corrected chi connectivity index (χ4v) is 2.55. The van der Waals surface area contributed by atoms with Crippen molar-refractivity contribution in [2.45, 2.75) is 13.0 Å². The summed E-state index contributed by atoms with van der Waals surface area (Å²) < 4.78 is 5.83. The van der Waals surface area contributed by atoms with Gasteiger partial charge in [-0.3, -0.25) is 9.78 Å². The summed E-state index contributed by atoms with van der Waals surface area (Å²) in [7, 11) is 3.86. The van der Waals surface area contributed by atoms with Crippen LogP contribution in [-0.2, 0) is 4.74 Å². The summed E-state index contributed by atoms with van der Waals surface area (Å²) in [6.45, 7) is 3.26. The van der Waals surface area contributed by atoms with E-state index in [0.29, 0.717) is 31.2 Å². The van der Waals surface area contributed by atoms with Gasteiger partial charge >= 0.3 is 0 Å². The maximum atomic E-state index is 12.5. The van der Waals surface area contributed by atoms with E-state index >= 15 is 0 Å². The largest absolute Gasteiger partial charge is 0.368 e. The molecule has 0 radical (unpaired) electrons. The number of morpholine rings is 1. The van der Waals surface area contributed by atoms with Crippen molar-refractivity contribution in [3.05, 3.63) is 41.9 Å². The first kappa shape index (κ1) is 16.3. The standard InChI is InChI=1S/C16H20N6O2/c1-11-19-12(8-15(20-11)21(2)3)14-10-22(6-7-24-14)16(23)13-9-17-4-5-18-13/h4-5,8-9,14H,6-7,10H2,1-3H3/t14-/m1/s1. The highest BCUT2D eigenvalue weighted by Gasteiger charge is 2.28. The zero-order valence-corrected chi connectivity index (χ0v) is 14.0. The molecule has 3 rings (SSSR count). The van der Waals surface area contributed by atoms with Crippen LogP contribution >= 0.6 is 0 Å². The molecule has 0 N–H and O–H groups in total. The average Bonchev–Trinajstić information content (AvgIpc) is 2.61. The maximum absolute atomic E-state index is 12.5. The van der Waals surface area contributed by atoms with Gasteiger partial charge in [0.05, 0.1) is 25.0 Å². The lowest BCUT2D eigenvalue weighted by molar-refractivity contribution is -0.0250. The van der Waals surface area contributed by atoms with E-state index in [9.17, 15) is 4.79 Å². The van der Waals surface area contributed by atoms with Crippen molar-refractivity contribution >= 4 is 11.7 Å². The van der Waals surface area contributed by atoms with Gasteiger partial charge in [-0.05, 0) is 6.92 Å². The normalized spacial score (nSPS) is 17.6. The number of hydrogen-bond donors (Lipinski definition) is 0. The molecule has 1 atom stereocenters. The Morgan fingerprint density at radius 2 is 2.17 bits per heavy atom. The molecule has 8 nitrogen and oxygen atoms in total. The summed E-state index contributed by atoms with van der Waals surface area (Å²) in [5, 5.41) is 0. The number of ether oxygens (including phenoxy) is 1. The SMILES string of the molecule is Cc1nc([C@H]2CN(C(=O)c3cnccn3)CCO2)cc(N(C)C)n1. The topological polar surface area (TPSA) is 84.3 Å². The molecule has 0 saturated carbocycles. The number of anilines is 1. The smallest absolute Gasteiger partial charge is 0.274 e. The van der Waals surface area contributed by atoms with Crippen LogP contribution in [0.15, 0.2) is 24.7 Å². The summed E-state index contributed by atoms with van der Waals surface area (Å²) in [5.74, 6) is 1.35. The van der Waals surface area contributed by atoms with E-state index in [4.69, 9.17) is 4.74 Å². The second-order valence-electron chi connectivity index (χ2n) is 5.79. The quantitative estimate of drug-likeness (QED) is 0.826. The Labute approximate surface area is 140 Å². The van der Waals surface area contributed by atoms with Crippen LogP contribution in [-0.4, -0.2) is 64.5 Å². The number of carbonyl (C=O) groups is 1. The third-order valence-corrected chi connectivity index (χ3v) is 3.77. The highest BCUT2D eigenvalue weighted by Crippen LogP contribution is 2.24. The molecule has 126 valence electrons. The maximum Gasteiger partial charge on any atom is 0.274 e. The monoisotopic (exact) mass is 328 g/mol. The Balaban J connectivity index is 1.80. The lowest BCUT2D eigenvalue weighted by Crippen LogP contribution is -2.42. The third kappa shape index (κ3) is 3.48. The molecule has 1 fully saturated rings. The molecule has 3 heterocycles. The summed E-state index contributed by atoms with van der Waals surface area (Å²) >= 11 is 0. The molecule has 1 aliphatic rings. The first-order valence-corrected chi connectivity index (χ1v) is 7.74. The van der Waals surface area contributed by atoms with Crippen LogP contribution in [0.3, 0.4) is 0 Å². The Morgan fingerprint density at radius 3 is 2.88 bits per heavy atom. The van der Waals surface area contributed by atoms with Crippen LogP contribution < -0.4 is 4.90 Å². The number of aromatic nitrogens is 4. The molecule has 0 aromatic carbocycles. The van der Waals surface area contributed by atoms with Crippen molar-refractivity contribution in [2.75, 3.05) is 38.7 Å². The van der Waals surface area contributed by atoms with E-state index in [1.807, 2.05) is 32.0 Å². The van der Waals surface area contributed by atoms with Crippen LogP contribution in [0.5, 0.6) is 0 Å². The van der Waals surface area contributed by atoms with Gasteiger partial charge in [0.1, 0.15) is 23.4 Å². The number of hydrogen-bond acceptors (Lipinski definition) is 7. The predicted octanol–water partition coefficient (Wildman–Crippen LogP) is 0.855. The number of nitrogens with zero attached hydrogens (tertiary/aromatic N) is 6. The van der Waals surface area contributed by atoms with Crippen molar-refractivity contribution in [1.82, 2.24) is 24.8 Å². The van der Waals surface area contributed by atoms with Crippen LogP contribution in [0.2, 0.25) is 0 Å². The minimum atomic E-state index is -0.278. The molecule has 0 bridgehead atoms. The van der Waals surface area contributed by atoms with E-state index in [1.54, 1.807) is 11.1 Å². The molecular weight excluding hydrogens is 308 g/mol. The van der Waals surface area contributed by atoms with Crippen LogP contribution in [0.4, 0.5) is 5.82 Å². The second kappa shape index (κ2) is 6.88. The fraction of sp³-hybridized carbons (Fsp3) is 0.438. The van der Waals surface area contributed by atoms with Crippen LogP contribution in [0.1, 0.15) is 28.1 Å². The first-order valence-electron chi connectivity index (χ1n) is 7.74. The van der Waals surface area contributed by atoms with Gasteiger partial charge in [-0.15, -0.1) is 0 Å². The Hall–Kier alpha value is -2.61. The van der Waals surface area contributed by atoms with Crippen molar-refractivity contribution in [3.63, 3.8) is 0 Å². The van der Waals surface area contributed by atoms with Gasteiger partial charge in [-0.2, -0.15) is 0 Å². The second-order valence-corrected chi connectivity index (χ2v) is 5.79. The van der Waals surface area contributed by atoms with E-state index in [-0.39, 0.29) is 12.0 Å². The van der Waals surface area contributed by atoms with Crippen molar-refractivity contribution in [3.8, 4) is 0 Å². The highest BCUT2D eigenvalue weighted by molar-refractivity contribution is 5.92. The van der Waals surface area contributed by atoms with Crippen molar-refractivity contribution in [2.24, 2.45) is 0 Å². The van der Waals surface area contributed by atoms with Crippen LogP contribution in [0.25, 0.3) is 0 Å². The number of rotatable bonds is 3. The van der Waals surface area contributed by atoms with Gasteiger partial charge in [0, 0.05) is 39.1 Å². The van der Waals surface area contributed by atoms with Crippen molar-refractivity contribution in [1.29, 1.82) is 0 Å². The van der Waals surface area contributed by atoms with E-state index < -0.39 is 0 Å². The predicted molar refractivity (Wildman–Crippen MR) is 87.7 cm³/mol. The molecule has 1 saturated heterocycles. The number of carbonyl (C=O) groups excluding carboxylic acids is 1. The van der Waals surface area contributed by atoms with E-state index in [2.05, 4.69) is 19.9 Å². The van der Waals surface area contributed by atoms with Crippen molar-refractivity contribution < 1.29 is 9.53 Å². The first-order chi connectivity index (χ1) is 11.5. The molecule has 24 heavy (non-hydrogen) atoms. The van der Waals surface area contributed by atoms with Crippen LogP contribution in [0, 0.1) is 6.92 Å². The molecule has 2 aromatic heterocycles. The van der Waals surface area contributed by atoms with Gasteiger partial charge in [0.2, 0.25) is 0 Å². The molecule has 1 aliphatic heterocycles. The third-order valence-electron chi connectivity index (χ3n) is 3.77. The fourth-order valence-electron chi connectivity index (χ4n) is 2.55. The average molecular weight is 328 g/mol. The molecule has 0 spiro atoms. The molecule has 2 aromatic rings. The summed E-state index contributed by atoms with van der Waals surface area (Å²) in [4.78, 5) is 33.1. The summed E-state index contributed by atoms with van der Waals surface area (Å²) in [5.41, 5.74) is 1.12. The molecular formula is C16H20N6O2. The van der Waals surface area contributed by atoms with Gasteiger partial charge in [0.15, 0.2) is 0 Å². The lowest BCUT2D eigenvalue weighted by atomic mass is 10.2. The Kier molecular flexibility index (Phi) is 4.66. The van der Waals surface area contributed by atoms with Gasteiger partial charge in [-0.1, -0.05) is 0 Å². The molecule has 8 heteroatoms. The minimum Gasteiger partial charge on any atom is -0.368 e. The minimum absolute atomic E-state index is 0.144. The summed E-state index contributed by atoms with van der Waals surface area (Å²) in [6, 6.07) is 1.90. The Bertz CT molecular complexity index is 722. The zero-order chi connectivity index (χ0) is 17.1. The van der Waals surface area contributed by atoms with E-state index in [1.165, 1.54) is 12.4 Å². The number of amides is 1. The zero-order valence-electron chi connectivity index (χ0n) is 14.0. The highest BCUT2D eigenvalue weighted by atomic mass is 16.5. The van der Waals surface area contributed by atoms with E-state index in [0.717, 1.165) is 11.5 Å². The van der Waals surface area contributed by atoms with Gasteiger partial charge < -0.3 is 14.5 Å². The molecule has 0 aliphatic carbocycles. The van der Waals surface area contributed by atoms with Gasteiger partial charge in [-0.25, -0.2) is 15.0 Å². The molecule has 0 unspecified atom stereocenters. The Morgan fingerprint density at radius 1 is 1.33 bits per heavy atom. The summed E-state index contributed by atoms with van der Waals surface area (Å²) in [6.07, 6.45) is 4.26. The molecule has 1 amide bonds. The van der Waals surface area contributed by atoms with Gasteiger partial charge in [0.25, 0.3) is 5.91 Å².